The molecular weight excluding hydrogens is 449 g/mol. The van der Waals surface area contributed by atoms with Gasteiger partial charge in [0.15, 0.2) is 0 Å². The predicted molar refractivity (Wildman–Crippen MR) is 126 cm³/mol. The summed E-state index contributed by atoms with van der Waals surface area (Å²) in [6.45, 7) is 3.87. The molecule has 0 saturated heterocycles. The van der Waals surface area contributed by atoms with Gasteiger partial charge in [-0.2, -0.15) is 0 Å². The number of anilines is 1. The molecule has 1 amide bonds. The highest BCUT2D eigenvalue weighted by Gasteiger charge is 2.29. The third kappa shape index (κ3) is 4.18. The summed E-state index contributed by atoms with van der Waals surface area (Å²) in [5.41, 5.74) is 6.95. The molecule has 5 nitrogen and oxygen atoms in total. The van der Waals surface area contributed by atoms with Crippen molar-refractivity contribution in [3.63, 3.8) is 0 Å². The van der Waals surface area contributed by atoms with E-state index in [2.05, 4.69) is 12.2 Å². The maximum Gasteiger partial charge on any atom is 0.412 e. The minimum atomic E-state index is -1.03. The second-order valence-corrected chi connectivity index (χ2v) is 8.52. The number of benzene rings is 3. The summed E-state index contributed by atoms with van der Waals surface area (Å²) in [7, 11) is 0. The van der Waals surface area contributed by atoms with Gasteiger partial charge in [0.25, 0.3) is 0 Å². The number of rotatable bonds is 5. The zero-order valence-corrected chi connectivity index (χ0v) is 19.1. The fourth-order valence-corrected chi connectivity index (χ4v) is 4.81. The van der Waals surface area contributed by atoms with E-state index in [9.17, 15) is 9.59 Å². The van der Waals surface area contributed by atoms with Crippen LogP contribution in [-0.2, 0) is 17.6 Å². The number of carbonyl (C=O) groups excluding carboxylic acids is 1. The van der Waals surface area contributed by atoms with Crippen LogP contribution >= 0.6 is 23.2 Å². The summed E-state index contributed by atoms with van der Waals surface area (Å²) in [6.07, 6.45) is 0.251. The van der Waals surface area contributed by atoms with Crippen LogP contribution in [0.3, 0.4) is 0 Å². The number of halogens is 2. The number of hydrogen-bond donors (Lipinski definition) is 2. The van der Waals surface area contributed by atoms with Crippen molar-refractivity contribution in [3.05, 3.63) is 86.4 Å². The number of nitrogens with one attached hydrogen (secondary N) is 1. The molecule has 0 aromatic heterocycles. The lowest BCUT2D eigenvalue weighted by Gasteiger charge is -2.21. The zero-order chi connectivity index (χ0) is 23.0. The van der Waals surface area contributed by atoms with Crippen LogP contribution in [-0.4, -0.2) is 17.2 Å². The van der Waals surface area contributed by atoms with Gasteiger partial charge in [-0.3, -0.25) is 5.32 Å². The van der Waals surface area contributed by atoms with Crippen LogP contribution in [0.2, 0.25) is 10.0 Å². The van der Waals surface area contributed by atoms with Crippen molar-refractivity contribution in [1.82, 2.24) is 0 Å². The number of amides is 1. The van der Waals surface area contributed by atoms with Gasteiger partial charge in [0.05, 0.1) is 5.56 Å². The molecule has 1 aliphatic carbocycles. The van der Waals surface area contributed by atoms with Crippen LogP contribution in [0.4, 0.5) is 10.5 Å². The summed E-state index contributed by atoms with van der Waals surface area (Å²) >= 11 is 12.9. The molecule has 1 atom stereocenters. The molecule has 0 aliphatic heterocycles. The minimum Gasteiger partial charge on any atom is -0.478 e. The average molecular weight is 470 g/mol. The van der Waals surface area contributed by atoms with Gasteiger partial charge in [0.1, 0.15) is 6.10 Å². The van der Waals surface area contributed by atoms with Crippen LogP contribution in [0.25, 0.3) is 11.1 Å². The number of carboxylic acids is 1. The molecule has 3 aromatic carbocycles. The molecule has 4 rings (SSSR count). The van der Waals surface area contributed by atoms with E-state index in [0.29, 0.717) is 22.2 Å². The molecule has 0 bridgehead atoms. The van der Waals surface area contributed by atoms with Crippen LogP contribution < -0.4 is 5.32 Å². The first-order chi connectivity index (χ1) is 15.3. The van der Waals surface area contributed by atoms with Crippen LogP contribution in [0.1, 0.15) is 52.6 Å². The normalized spacial score (nSPS) is 12.6. The monoisotopic (exact) mass is 469 g/mol. The highest BCUT2D eigenvalue weighted by atomic mass is 35.5. The fourth-order valence-electron chi connectivity index (χ4n) is 4.22. The van der Waals surface area contributed by atoms with E-state index >= 15 is 0 Å². The lowest BCUT2D eigenvalue weighted by Crippen LogP contribution is -2.17. The number of aryl methyl sites for hydroxylation is 1. The highest BCUT2D eigenvalue weighted by Crippen LogP contribution is 2.46. The van der Waals surface area contributed by atoms with E-state index < -0.39 is 18.2 Å². The molecule has 1 aliphatic rings. The maximum absolute atomic E-state index is 12.5. The Morgan fingerprint density at radius 1 is 1.12 bits per heavy atom. The first kappa shape index (κ1) is 22.2. The zero-order valence-electron chi connectivity index (χ0n) is 17.5. The number of carboxylic acid groups (broad SMARTS) is 1. The second kappa shape index (κ2) is 8.85. The predicted octanol–water partition coefficient (Wildman–Crippen LogP) is 7.13. The molecule has 3 aromatic rings. The highest BCUT2D eigenvalue weighted by molar-refractivity contribution is 6.32. The Morgan fingerprint density at radius 3 is 2.50 bits per heavy atom. The van der Waals surface area contributed by atoms with Gasteiger partial charge in [0.2, 0.25) is 0 Å². The summed E-state index contributed by atoms with van der Waals surface area (Å²) in [5, 5.41) is 12.9. The van der Waals surface area contributed by atoms with Gasteiger partial charge in [0, 0.05) is 21.3 Å². The number of hydrogen-bond acceptors (Lipinski definition) is 3. The first-order valence-corrected chi connectivity index (χ1v) is 11.0. The Labute approximate surface area is 195 Å². The Bertz CT molecular complexity index is 1220. The number of fused-ring (bicyclic) bond motifs is 3. The Kier molecular flexibility index (Phi) is 6.13. The summed E-state index contributed by atoms with van der Waals surface area (Å²) < 4.78 is 5.64. The largest absolute Gasteiger partial charge is 0.478 e. The van der Waals surface area contributed by atoms with Crippen molar-refractivity contribution in [2.24, 2.45) is 0 Å². The van der Waals surface area contributed by atoms with Crippen LogP contribution in [0.5, 0.6) is 0 Å². The molecule has 2 N–H and O–H groups in total. The summed E-state index contributed by atoms with van der Waals surface area (Å²) in [6, 6.07) is 13.7. The van der Waals surface area contributed by atoms with E-state index in [1.807, 2.05) is 24.3 Å². The SMILES string of the molecule is CCc1cc(Cl)c(C(C)OC(=O)Nc2ccc(C(=O)O)cc2)c2c1-c1ccc(Cl)cc1C2. The number of ether oxygens (including phenoxy) is 1. The van der Waals surface area contributed by atoms with Gasteiger partial charge in [-0.1, -0.05) is 36.2 Å². The first-order valence-electron chi connectivity index (χ1n) is 10.2. The quantitative estimate of drug-likeness (QED) is 0.325. The molecule has 0 saturated carbocycles. The van der Waals surface area contributed by atoms with E-state index in [4.69, 9.17) is 33.0 Å². The van der Waals surface area contributed by atoms with Gasteiger partial charge in [-0.05, 0) is 90.0 Å². The van der Waals surface area contributed by atoms with E-state index in [1.165, 1.54) is 24.3 Å². The van der Waals surface area contributed by atoms with Gasteiger partial charge in [-0.25, -0.2) is 9.59 Å². The lowest BCUT2D eigenvalue weighted by atomic mass is 9.92. The molecule has 7 heteroatoms. The molecule has 32 heavy (non-hydrogen) atoms. The standard InChI is InChI=1S/C25H21Cl2NO4/c1-3-14-12-21(27)22(20-11-16-10-17(26)6-9-19(16)23(14)20)13(2)32-25(31)28-18-7-4-15(5-8-18)24(29)30/h4-10,12-13H,3,11H2,1-2H3,(H,28,31)(H,29,30). The van der Waals surface area contributed by atoms with E-state index in [-0.39, 0.29) is 5.56 Å². The molecule has 1 unspecified atom stereocenters. The smallest absolute Gasteiger partial charge is 0.412 e. The molecule has 0 fully saturated rings. The minimum absolute atomic E-state index is 0.135. The van der Waals surface area contributed by atoms with E-state index in [1.54, 1.807) is 6.92 Å². The van der Waals surface area contributed by atoms with Crippen molar-refractivity contribution in [2.75, 3.05) is 5.32 Å². The van der Waals surface area contributed by atoms with Gasteiger partial charge in [-0.15, -0.1) is 0 Å². The third-order valence-corrected chi connectivity index (χ3v) is 6.21. The van der Waals surface area contributed by atoms with Crippen molar-refractivity contribution in [2.45, 2.75) is 32.8 Å². The van der Waals surface area contributed by atoms with E-state index in [0.717, 1.165) is 39.8 Å². The molecule has 0 radical (unpaired) electrons. The Morgan fingerprint density at radius 2 is 1.84 bits per heavy atom. The number of carbonyl (C=O) groups is 2. The van der Waals surface area contributed by atoms with Crippen LogP contribution in [0, 0.1) is 0 Å². The van der Waals surface area contributed by atoms with Gasteiger partial charge < -0.3 is 9.84 Å². The molecule has 0 heterocycles. The Balaban J connectivity index is 1.60. The van der Waals surface area contributed by atoms with Gasteiger partial charge >= 0.3 is 12.1 Å². The molecule has 0 spiro atoms. The molecular formula is C25H21Cl2NO4. The van der Waals surface area contributed by atoms with Crippen molar-refractivity contribution in [1.29, 1.82) is 0 Å². The maximum atomic E-state index is 12.5. The Hall–Kier alpha value is -3.02. The summed E-state index contributed by atoms with van der Waals surface area (Å²) in [4.78, 5) is 23.5. The second-order valence-electron chi connectivity index (χ2n) is 7.67. The van der Waals surface area contributed by atoms with Crippen molar-refractivity contribution < 1.29 is 19.4 Å². The third-order valence-electron chi connectivity index (χ3n) is 5.66. The fraction of sp³-hybridized carbons (Fsp3) is 0.200. The molecule has 164 valence electrons. The van der Waals surface area contributed by atoms with Crippen molar-refractivity contribution in [3.8, 4) is 11.1 Å². The number of aromatic carboxylic acids is 1. The van der Waals surface area contributed by atoms with Crippen LogP contribution in [0.15, 0.2) is 48.5 Å². The average Bonchev–Trinajstić information content (AvgIpc) is 3.11. The van der Waals surface area contributed by atoms with Crippen molar-refractivity contribution >= 4 is 41.0 Å². The lowest BCUT2D eigenvalue weighted by molar-refractivity contribution is 0.0697. The summed E-state index contributed by atoms with van der Waals surface area (Å²) in [5.74, 6) is -1.03. The topological polar surface area (TPSA) is 75.6 Å².